The number of halogens is 1. The molecule has 2 unspecified atom stereocenters. The Hall–Kier alpha value is -5.37. The molecule has 4 aliphatic heterocycles. The molecule has 0 bridgehead atoms. The van der Waals surface area contributed by atoms with E-state index in [-0.39, 0.29) is 35.2 Å². The number of benzene rings is 2. The number of rotatable bonds is 9. The number of pyridine rings is 1. The Bertz CT molecular complexity index is 2380. The lowest BCUT2D eigenvalue weighted by atomic mass is 9.73. The monoisotopic (exact) mass is 801 g/mol. The molecule has 58 heavy (non-hydrogen) atoms. The van der Waals surface area contributed by atoms with Crippen LogP contribution in [0.4, 0.5) is 17.2 Å². The van der Waals surface area contributed by atoms with E-state index in [1.807, 2.05) is 31.4 Å². The third-order valence-electron chi connectivity index (χ3n) is 12.7. The SMILES string of the molecule is CNC(=O)c1cnc2c(NC)cc(N3CCc4c(-c5ccc(CC6CCC7(CCN(Cc8ccc(Cl)c(C9CCC(=O)NC9=O)c8)CC7)CO6)cn5)cccc43)nn12. The molecular weight excluding hydrogens is 754 g/mol. The molecule has 300 valence electrons. The number of nitrogens with one attached hydrogen (secondary N) is 3. The molecule has 0 saturated carbocycles. The zero-order chi connectivity index (χ0) is 40.0. The van der Waals surface area contributed by atoms with Crippen molar-refractivity contribution in [1.82, 2.24) is 35.1 Å². The van der Waals surface area contributed by atoms with E-state index in [0.717, 1.165) is 111 Å². The van der Waals surface area contributed by atoms with Crippen LogP contribution >= 0.6 is 11.6 Å². The van der Waals surface area contributed by atoms with Crippen molar-refractivity contribution in [3.63, 3.8) is 0 Å². The fourth-order valence-electron chi connectivity index (χ4n) is 9.30. The number of imide groups is 1. The van der Waals surface area contributed by atoms with Crippen LogP contribution in [0.1, 0.15) is 77.2 Å². The Morgan fingerprint density at radius 2 is 1.81 bits per heavy atom. The zero-order valence-corrected chi connectivity index (χ0v) is 33.6. The first kappa shape index (κ1) is 38.2. The molecule has 3 saturated heterocycles. The highest BCUT2D eigenvalue weighted by Gasteiger charge is 2.39. The van der Waals surface area contributed by atoms with Gasteiger partial charge >= 0.3 is 0 Å². The second-order valence-corrected chi connectivity index (χ2v) is 16.6. The Balaban J connectivity index is 0.803. The van der Waals surface area contributed by atoms with Gasteiger partial charge in [0.15, 0.2) is 17.2 Å². The fourth-order valence-corrected chi connectivity index (χ4v) is 9.55. The highest BCUT2D eigenvalue weighted by molar-refractivity contribution is 6.31. The first-order valence-corrected chi connectivity index (χ1v) is 20.7. The van der Waals surface area contributed by atoms with Gasteiger partial charge in [-0.3, -0.25) is 29.6 Å². The normalized spacial score (nSPS) is 20.6. The smallest absolute Gasteiger partial charge is 0.271 e. The van der Waals surface area contributed by atoms with Gasteiger partial charge in [0.2, 0.25) is 11.8 Å². The summed E-state index contributed by atoms with van der Waals surface area (Å²) in [4.78, 5) is 50.9. The highest BCUT2D eigenvalue weighted by Crippen LogP contribution is 2.43. The van der Waals surface area contributed by atoms with Gasteiger partial charge in [-0.25, -0.2) is 9.50 Å². The van der Waals surface area contributed by atoms with E-state index in [1.54, 1.807) is 17.8 Å². The molecule has 0 radical (unpaired) electrons. The van der Waals surface area contributed by atoms with Gasteiger partial charge in [-0.2, -0.15) is 0 Å². The summed E-state index contributed by atoms with van der Waals surface area (Å²) < 4.78 is 8.18. The van der Waals surface area contributed by atoms with E-state index in [9.17, 15) is 14.4 Å². The van der Waals surface area contributed by atoms with Gasteiger partial charge in [0, 0.05) is 68.6 Å². The van der Waals surface area contributed by atoms with Gasteiger partial charge in [0.1, 0.15) is 0 Å². The van der Waals surface area contributed by atoms with Crippen molar-refractivity contribution in [2.75, 3.05) is 50.6 Å². The Kier molecular flexibility index (Phi) is 10.4. The number of fused-ring (bicyclic) bond motifs is 2. The van der Waals surface area contributed by atoms with Gasteiger partial charge in [-0.05, 0) is 97.5 Å². The van der Waals surface area contributed by atoms with Gasteiger partial charge in [0.25, 0.3) is 5.91 Å². The number of hydrogen-bond acceptors (Lipinski definition) is 10. The minimum Gasteiger partial charge on any atom is -0.385 e. The minimum atomic E-state index is -0.387. The summed E-state index contributed by atoms with van der Waals surface area (Å²) in [5.74, 6) is -0.372. The van der Waals surface area contributed by atoms with Crippen molar-refractivity contribution in [3.8, 4) is 11.3 Å². The molecule has 5 aromatic rings. The molecule has 7 heterocycles. The lowest BCUT2D eigenvalue weighted by molar-refractivity contribution is -0.134. The fraction of sp³-hybridized carbons (Fsp3) is 0.409. The maximum Gasteiger partial charge on any atom is 0.271 e. The molecule has 4 aliphatic rings. The van der Waals surface area contributed by atoms with Crippen molar-refractivity contribution in [1.29, 1.82) is 0 Å². The molecule has 3 aromatic heterocycles. The number of piperidine rings is 2. The summed E-state index contributed by atoms with van der Waals surface area (Å²) in [7, 11) is 3.44. The number of carbonyl (C=O) groups excluding carboxylic acids is 3. The molecule has 3 N–H and O–H groups in total. The van der Waals surface area contributed by atoms with Crippen LogP contribution in [0.15, 0.2) is 67.0 Å². The quantitative estimate of drug-likeness (QED) is 0.150. The first-order valence-electron chi connectivity index (χ1n) is 20.3. The van der Waals surface area contributed by atoms with Crippen molar-refractivity contribution in [3.05, 3.63) is 100.0 Å². The van der Waals surface area contributed by atoms with Crippen LogP contribution in [0.3, 0.4) is 0 Å². The van der Waals surface area contributed by atoms with Crippen LogP contribution in [0.2, 0.25) is 5.02 Å². The first-order chi connectivity index (χ1) is 28.2. The maximum atomic E-state index is 12.6. The van der Waals surface area contributed by atoms with Crippen LogP contribution < -0.4 is 20.9 Å². The predicted molar refractivity (Wildman–Crippen MR) is 223 cm³/mol. The molecule has 14 heteroatoms. The third-order valence-corrected chi connectivity index (χ3v) is 13.0. The average molecular weight is 802 g/mol. The Morgan fingerprint density at radius 3 is 2.55 bits per heavy atom. The lowest BCUT2D eigenvalue weighted by Gasteiger charge is -2.45. The Labute approximate surface area is 342 Å². The van der Waals surface area contributed by atoms with Crippen LogP contribution in [0.25, 0.3) is 16.9 Å². The summed E-state index contributed by atoms with van der Waals surface area (Å²) in [6.07, 6.45) is 10.6. The van der Waals surface area contributed by atoms with Crippen LogP contribution in [-0.2, 0) is 33.7 Å². The molecule has 3 amide bonds. The van der Waals surface area contributed by atoms with Crippen molar-refractivity contribution < 1.29 is 19.1 Å². The number of likely N-dealkylation sites (tertiary alicyclic amines) is 1. The second kappa shape index (κ2) is 15.8. The Morgan fingerprint density at radius 1 is 0.966 bits per heavy atom. The van der Waals surface area contributed by atoms with E-state index in [0.29, 0.717) is 29.2 Å². The van der Waals surface area contributed by atoms with Crippen molar-refractivity contribution in [2.45, 2.75) is 69.9 Å². The van der Waals surface area contributed by atoms with E-state index >= 15 is 0 Å². The van der Waals surface area contributed by atoms with Gasteiger partial charge in [-0.15, -0.1) is 5.10 Å². The van der Waals surface area contributed by atoms with Crippen LogP contribution in [-0.4, -0.2) is 88.6 Å². The number of amides is 3. The number of carbonyl (C=O) groups is 3. The molecule has 9 rings (SSSR count). The maximum absolute atomic E-state index is 12.6. The van der Waals surface area contributed by atoms with Gasteiger partial charge in [-0.1, -0.05) is 41.9 Å². The summed E-state index contributed by atoms with van der Waals surface area (Å²) in [6, 6.07) is 18.6. The second-order valence-electron chi connectivity index (χ2n) is 16.2. The summed E-state index contributed by atoms with van der Waals surface area (Å²) in [5.41, 5.74) is 9.48. The molecule has 2 aromatic carbocycles. The summed E-state index contributed by atoms with van der Waals surface area (Å²) in [5, 5.41) is 13.8. The summed E-state index contributed by atoms with van der Waals surface area (Å²) >= 11 is 6.53. The molecule has 3 fully saturated rings. The van der Waals surface area contributed by atoms with Crippen LogP contribution in [0, 0.1) is 5.41 Å². The molecule has 13 nitrogen and oxygen atoms in total. The highest BCUT2D eigenvalue weighted by atomic mass is 35.5. The molecule has 1 spiro atoms. The number of ether oxygens (including phenoxy) is 1. The number of anilines is 3. The topological polar surface area (TPSA) is 146 Å². The van der Waals surface area contributed by atoms with E-state index < -0.39 is 0 Å². The number of nitrogens with zero attached hydrogens (tertiary/aromatic N) is 6. The number of imidazole rings is 1. The van der Waals surface area contributed by atoms with Crippen LogP contribution in [0.5, 0.6) is 0 Å². The van der Waals surface area contributed by atoms with E-state index in [2.05, 4.69) is 67.1 Å². The van der Waals surface area contributed by atoms with Crippen molar-refractivity contribution in [2.24, 2.45) is 5.41 Å². The molecular formula is C44H48ClN9O4. The zero-order valence-electron chi connectivity index (χ0n) is 32.9. The van der Waals surface area contributed by atoms with Gasteiger partial charge < -0.3 is 20.3 Å². The third kappa shape index (κ3) is 7.31. The minimum absolute atomic E-state index is 0.178. The summed E-state index contributed by atoms with van der Waals surface area (Å²) in [6.45, 7) is 4.36. The molecule has 0 aliphatic carbocycles. The van der Waals surface area contributed by atoms with Gasteiger partial charge in [0.05, 0.1) is 36.2 Å². The lowest BCUT2D eigenvalue weighted by Crippen LogP contribution is -2.45. The average Bonchev–Trinajstić information content (AvgIpc) is 3.88. The largest absolute Gasteiger partial charge is 0.385 e. The molecule has 2 atom stereocenters. The van der Waals surface area contributed by atoms with Crippen molar-refractivity contribution >= 4 is 52.2 Å². The number of hydrogen-bond donors (Lipinski definition) is 3. The standard InChI is InChI=1S/C44H48ClN9O4/c1-46-36-22-39(51-54-38(43(57)47-2)24-49-41(36)54)53-17-13-31-30(4-3-5-37(31)53)35-10-7-27(23-48-35)20-29-12-14-44(26-58-29)15-18-52(19-16-44)25-28-6-9-34(45)33(21-28)32-8-11-40(55)50-42(32)56/h3-7,9-10,21-24,29,32,46H,8,11-20,25-26H2,1-2H3,(H,47,57)(H,50,55,56). The van der Waals surface area contributed by atoms with E-state index in [1.165, 1.54) is 11.1 Å². The number of aromatic nitrogens is 4. The van der Waals surface area contributed by atoms with E-state index in [4.69, 9.17) is 26.4 Å². The predicted octanol–water partition coefficient (Wildman–Crippen LogP) is 6.06.